The second-order valence-electron chi connectivity index (χ2n) is 5.54. The van der Waals surface area contributed by atoms with Crippen LogP contribution in [0.3, 0.4) is 0 Å². The number of rotatable bonds is 1. The van der Waals surface area contributed by atoms with Crippen LogP contribution in [0.1, 0.15) is 50.3 Å². The highest BCUT2D eigenvalue weighted by Crippen LogP contribution is 2.40. The zero-order valence-corrected chi connectivity index (χ0v) is 10.7. The van der Waals surface area contributed by atoms with Crippen molar-refractivity contribution in [2.75, 3.05) is 11.9 Å². The Balaban J connectivity index is 1.88. The van der Waals surface area contributed by atoms with Crippen LogP contribution in [0.5, 0.6) is 0 Å². The standard InChI is InChI=1S/C13H18F3N3/c14-13(15,16)11-8-12-17-7-6-10(19(12)18-11)9-4-2-1-3-5-9/h8-10,17H,1-7H2. The maximum absolute atomic E-state index is 12.7. The van der Waals surface area contributed by atoms with Crippen LogP contribution in [-0.4, -0.2) is 16.3 Å². The molecule has 1 N–H and O–H groups in total. The molecule has 1 aromatic rings. The van der Waals surface area contributed by atoms with Crippen LogP contribution in [0.15, 0.2) is 6.07 Å². The van der Waals surface area contributed by atoms with Crippen molar-refractivity contribution in [2.24, 2.45) is 5.92 Å². The molecule has 0 saturated heterocycles. The maximum Gasteiger partial charge on any atom is 0.435 e. The molecule has 1 aliphatic heterocycles. The molecule has 1 unspecified atom stereocenters. The molecule has 106 valence electrons. The first-order valence-electron chi connectivity index (χ1n) is 6.96. The lowest BCUT2D eigenvalue weighted by molar-refractivity contribution is -0.141. The van der Waals surface area contributed by atoms with E-state index in [-0.39, 0.29) is 6.04 Å². The summed E-state index contributed by atoms with van der Waals surface area (Å²) in [5.41, 5.74) is -0.780. The summed E-state index contributed by atoms with van der Waals surface area (Å²) in [5.74, 6) is 1.00. The molecule has 1 aliphatic carbocycles. The largest absolute Gasteiger partial charge is 0.435 e. The quantitative estimate of drug-likeness (QED) is 0.842. The predicted octanol–water partition coefficient (Wildman–Crippen LogP) is 3.84. The van der Waals surface area contributed by atoms with E-state index in [9.17, 15) is 13.2 Å². The van der Waals surface area contributed by atoms with Crippen molar-refractivity contribution < 1.29 is 13.2 Å². The molecule has 0 aromatic carbocycles. The number of hydrogen-bond acceptors (Lipinski definition) is 2. The van der Waals surface area contributed by atoms with Gasteiger partial charge in [-0.05, 0) is 25.2 Å². The minimum absolute atomic E-state index is 0.132. The van der Waals surface area contributed by atoms with Gasteiger partial charge in [0.25, 0.3) is 0 Å². The molecule has 0 radical (unpaired) electrons. The van der Waals surface area contributed by atoms with Crippen LogP contribution < -0.4 is 5.32 Å². The Kier molecular flexibility index (Phi) is 3.19. The van der Waals surface area contributed by atoms with Crippen molar-refractivity contribution in [3.05, 3.63) is 11.8 Å². The van der Waals surface area contributed by atoms with Crippen molar-refractivity contribution in [3.63, 3.8) is 0 Å². The molecule has 2 heterocycles. The normalized spacial score (nSPS) is 24.9. The Morgan fingerprint density at radius 3 is 2.58 bits per heavy atom. The predicted molar refractivity (Wildman–Crippen MR) is 65.9 cm³/mol. The molecular weight excluding hydrogens is 255 g/mol. The van der Waals surface area contributed by atoms with E-state index in [1.165, 1.54) is 19.3 Å². The van der Waals surface area contributed by atoms with E-state index in [1.54, 1.807) is 4.68 Å². The molecule has 3 rings (SSSR count). The molecule has 1 atom stereocenters. The number of anilines is 1. The Labute approximate surface area is 110 Å². The summed E-state index contributed by atoms with van der Waals surface area (Å²) in [6.45, 7) is 0.740. The molecule has 3 nitrogen and oxygen atoms in total. The van der Waals surface area contributed by atoms with Crippen LogP contribution in [0.4, 0.5) is 19.0 Å². The topological polar surface area (TPSA) is 29.9 Å². The molecule has 6 heteroatoms. The highest BCUT2D eigenvalue weighted by molar-refractivity contribution is 5.40. The molecule has 1 saturated carbocycles. The highest BCUT2D eigenvalue weighted by Gasteiger charge is 2.38. The number of nitrogens with one attached hydrogen (secondary N) is 1. The van der Waals surface area contributed by atoms with Crippen LogP contribution in [0.2, 0.25) is 0 Å². The minimum Gasteiger partial charge on any atom is -0.370 e. The van der Waals surface area contributed by atoms with Crippen LogP contribution in [0, 0.1) is 5.92 Å². The van der Waals surface area contributed by atoms with E-state index in [2.05, 4.69) is 10.4 Å². The average Bonchev–Trinajstić information content (AvgIpc) is 2.83. The van der Waals surface area contributed by atoms with Gasteiger partial charge in [-0.15, -0.1) is 0 Å². The van der Waals surface area contributed by atoms with Gasteiger partial charge in [-0.2, -0.15) is 18.3 Å². The third kappa shape index (κ3) is 2.44. The molecule has 0 amide bonds. The van der Waals surface area contributed by atoms with E-state index in [4.69, 9.17) is 0 Å². The number of alkyl halides is 3. The van der Waals surface area contributed by atoms with E-state index in [1.807, 2.05) is 0 Å². The molecule has 19 heavy (non-hydrogen) atoms. The summed E-state index contributed by atoms with van der Waals surface area (Å²) < 4.78 is 39.8. The van der Waals surface area contributed by atoms with Crippen molar-refractivity contribution in [1.29, 1.82) is 0 Å². The molecule has 0 spiro atoms. The molecular formula is C13H18F3N3. The first-order valence-corrected chi connectivity index (χ1v) is 6.96. The van der Waals surface area contributed by atoms with Crippen molar-refractivity contribution in [1.82, 2.24) is 9.78 Å². The van der Waals surface area contributed by atoms with Gasteiger partial charge in [-0.25, -0.2) is 4.68 Å². The summed E-state index contributed by atoms with van der Waals surface area (Å²) in [5, 5.41) is 6.83. The summed E-state index contributed by atoms with van der Waals surface area (Å²) >= 11 is 0. The van der Waals surface area contributed by atoms with Gasteiger partial charge in [0.1, 0.15) is 5.82 Å². The first kappa shape index (κ1) is 12.8. The number of nitrogens with zero attached hydrogens (tertiary/aromatic N) is 2. The Hall–Kier alpha value is -1.20. The van der Waals surface area contributed by atoms with E-state index in [0.717, 1.165) is 31.9 Å². The zero-order chi connectivity index (χ0) is 13.5. The summed E-state index contributed by atoms with van der Waals surface area (Å²) in [6.07, 6.45) is 2.38. The van der Waals surface area contributed by atoms with Gasteiger partial charge in [0, 0.05) is 12.6 Å². The van der Waals surface area contributed by atoms with Crippen molar-refractivity contribution in [3.8, 4) is 0 Å². The lowest BCUT2D eigenvalue weighted by Gasteiger charge is -2.34. The number of fused-ring (bicyclic) bond motifs is 1. The summed E-state index contributed by atoms with van der Waals surface area (Å²) in [4.78, 5) is 0. The second-order valence-corrected chi connectivity index (χ2v) is 5.54. The molecule has 1 fully saturated rings. The Morgan fingerprint density at radius 2 is 1.89 bits per heavy atom. The summed E-state index contributed by atoms with van der Waals surface area (Å²) in [6, 6.07) is 1.27. The number of aromatic nitrogens is 2. The van der Waals surface area contributed by atoms with Crippen LogP contribution in [0.25, 0.3) is 0 Å². The van der Waals surface area contributed by atoms with E-state index in [0.29, 0.717) is 11.7 Å². The van der Waals surface area contributed by atoms with Crippen LogP contribution >= 0.6 is 0 Å². The zero-order valence-electron chi connectivity index (χ0n) is 10.7. The fourth-order valence-corrected chi connectivity index (χ4v) is 3.34. The van der Waals surface area contributed by atoms with Gasteiger partial charge in [0.2, 0.25) is 0 Å². The third-order valence-corrected chi connectivity index (χ3v) is 4.28. The fraction of sp³-hybridized carbons (Fsp3) is 0.769. The lowest BCUT2D eigenvalue weighted by atomic mass is 9.82. The van der Waals surface area contributed by atoms with Crippen molar-refractivity contribution in [2.45, 2.75) is 50.7 Å². The lowest BCUT2D eigenvalue weighted by Crippen LogP contribution is -2.30. The third-order valence-electron chi connectivity index (χ3n) is 4.28. The number of halogens is 3. The van der Waals surface area contributed by atoms with Crippen molar-refractivity contribution >= 4 is 5.82 Å². The SMILES string of the molecule is FC(F)(F)c1cc2n(n1)C(C1CCCCC1)CCN2. The second kappa shape index (κ2) is 4.72. The maximum atomic E-state index is 12.7. The van der Waals surface area contributed by atoms with Crippen LogP contribution in [-0.2, 0) is 6.18 Å². The van der Waals surface area contributed by atoms with E-state index < -0.39 is 11.9 Å². The molecule has 0 bridgehead atoms. The highest BCUT2D eigenvalue weighted by atomic mass is 19.4. The van der Waals surface area contributed by atoms with Gasteiger partial charge in [0.15, 0.2) is 5.69 Å². The van der Waals surface area contributed by atoms with E-state index >= 15 is 0 Å². The van der Waals surface area contributed by atoms with Gasteiger partial charge in [-0.1, -0.05) is 19.3 Å². The minimum atomic E-state index is -4.36. The van der Waals surface area contributed by atoms with Gasteiger partial charge >= 0.3 is 6.18 Å². The number of hydrogen-bond donors (Lipinski definition) is 1. The molecule has 1 aromatic heterocycles. The summed E-state index contributed by atoms with van der Waals surface area (Å²) in [7, 11) is 0. The Bertz CT molecular complexity index is 446. The average molecular weight is 273 g/mol. The fourth-order valence-electron chi connectivity index (χ4n) is 3.34. The first-order chi connectivity index (χ1) is 9.05. The van der Waals surface area contributed by atoms with Gasteiger partial charge in [0.05, 0.1) is 6.04 Å². The monoisotopic (exact) mass is 273 g/mol. The van der Waals surface area contributed by atoms with Gasteiger partial charge < -0.3 is 5.32 Å². The smallest absolute Gasteiger partial charge is 0.370 e. The molecule has 2 aliphatic rings. The Morgan fingerprint density at radius 1 is 1.16 bits per heavy atom. The van der Waals surface area contributed by atoms with Gasteiger partial charge in [-0.3, -0.25) is 0 Å².